The van der Waals surface area contributed by atoms with Crippen molar-refractivity contribution in [1.82, 2.24) is 4.72 Å². The van der Waals surface area contributed by atoms with Gasteiger partial charge in [0.05, 0.1) is 18.6 Å². The van der Waals surface area contributed by atoms with E-state index in [-0.39, 0.29) is 11.4 Å². The van der Waals surface area contributed by atoms with Gasteiger partial charge in [-0.3, -0.25) is 0 Å². The van der Waals surface area contributed by atoms with Gasteiger partial charge >= 0.3 is 0 Å². The minimum absolute atomic E-state index is 0.201. The molecule has 0 saturated carbocycles. The van der Waals surface area contributed by atoms with Gasteiger partial charge in [0.15, 0.2) is 0 Å². The van der Waals surface area contributed by atoms with Crippen LogP contribution in [-0.4, -0.2) is 22.1 Å². The molecule has 0 atom stereocenters. The van der Waals surface area contributed by atoms with Gasteiger partial charge in [0.25, 0.3) is 0 Å². The monoisotopic (exact) mass is 321 g/mol. The average Bonchev–Trinajstić information content (AvgIpc) is 2.54. The first-order chi connectivity index (χ1) is 10.5. The van der Waals surface area contributed by atoms with E-state index in [2.05, 4.69) is 4.72 Å². The van der Waals surface area contributed by atoms with Gasteiger partial charge in [-0.1, -0.05) is 12.1 Å². The zero-order valence-electron chi connectivity index (χ0n) is 12.6. The van der Waals surface area contributed by atoms with E-state index in [9.17, 15) is 8.42 Å². The van der Waals surface area contributed by atoms with Gasteiger partial charge in [-0.2, -0.15) is 0 Å². The first-order valence-corrected chi connectivity index (χ1v) is 8.39. The van der Waals surface area contributed by atoms with Crippen molar-refractivity contribution in [3.05, 3.63) is 54.1 Å². The summed E-state index contributed by atoms with van der Waals surface area (Å²) in [6.07, 6.45) is 0. The van der Waals surface area contributed by atoms with Gasteiger partial charge in [-0.15, -0.1) is 0 Å². The number of benzene rings is 2. The Balaban J connectivity index is 2.06. The molecule has 2 aromatic rings. The van der Waals surface area contributed by atoms with E-state index in [1.165, 1.54) is 12.1 Å². The van der Waals surface area contributed by atoms with E-state index in [0.717, 1.165) is 5.56 Å². The topological polar surface area (TPSA) is 64.6 Å². The number of rotatable bonds is 7. The maximum atomic E-state index is 12.2. The van der Waals surface area contributed by atoms with Gasteiger partial charge in [-0.25, -0.2) is 13.1 Å². The van der Waals surface area contributed by atoms with Crippen molar-refractivity contribution in [3.8, 4) is 11.5 Å². The number of hydrogen-bond acceptors (Lipinski definition) is 4. The lowest BCUT2D eigenvalue weighted by Gasteiger charge is -2.09. The SMILES string of the molecule is CCOc1ccc(S(=O)(=O)NCc2cccc(OC)c2)cc1. The summed E-state index contributed by atoms with van der Waals surface area (Å²) in [7, 11) is -1.98. The Morgan fingerprint density at radius 3 is 2.41 bits per heavy atom. The summed E-state index contributed by atoms with van der Waals surface area (Å²) in [5.74, 6) is 1.34. The molecule has 2 aromatic carbocycles. The molecule has 2 rings (SSSR count). The summed E-state index contributed by atoms with van der Waals surface area (Å²) in [5.41, 5.74) is 0.828. The summed E-state index contributed by atoms with van der Waals surface area (Å²) in [4.78, 5) is 0.207. The van der Waals surface area contributed by atoms with Gasteiger partial charge in [0, 0.05) is 6.54 Å². The maximum Gasteiger partial charge on any atom is 0.240 e. The summed E-state index contributed by atoms with van der Waals surface area (Å²) in [6.45, 7) is 2.62. The van der Waals surface area contributed by atoms with Gasteiger partial charge in [0.1, 0.15) is 11.5 Å². The molecule has 0 spiro atoms. The zero-order chi connectivity index (χ0) is 16.0. The molecule has 0 bridgehead atoms. The fraction of sp³-hybridized carbons (Fsp3) is 0.250. The van der Waals surface area contributed by atoms with Crippen LogP contribution in [-0.2, 0) is 16.6 Å². The number of nitrogens with one attached hydrogen (secondary N) is 1. The van der Waals surface area contributed by atoms with E-state index in [1.54, 1.807) is 25.3 Å². The Bertz CT molecular complexity index is 711. The van der Waals surface area contributed by atoms with Crippen molar-refractivity contribution >= 4 is 10.0 Å². The molecule has 0 fully saturated rings. The lowest BCUT2D eigenvalue weighted by Crippen LogP contribution is -2.23. The van der Waals surface area contributed by atoms with Crippen LogP contribution in [0.25, 0.3) is 0 Å². The Morgan fingerprint density at radius 1 is 1.05 bits per heavy atom. The van der Waals surface area contributed by atoms with Crippen molar-refractivity contribution < 1.29 is 17.9 Å². The Hall–Kier alpha value is -2.05. The van der Waals surface area contributed by atoms with Crippen LogP contribution in [0.15, 0.2) is 53.4 Å². The van der Waals surface area contributed by atoms with E-state index in [0.29, 0.717) is 18.1 Å². The van der Waals surface area contributed by atoms with Crippen LogP contribution < -0.4 is 14.2 Å². The molecule has 0 aliphatic rings. The predicted molar refractivity (Wildman–Crippen MR) is 84.6 cm³/mol. The Morgan fingerprint density at radius 2 is 1.77 bits per heavy atom. The van der Waals surface area contributed by atoms with Crippen LogP contribution in [0.1, 0.15) is 12.5 Å². The smallest absolute Gasteiger partial charge is 0.240 e. The third-order valence-corrected chi connectivity index (χ3v) is 4.46. The van der Waals surface area contributed by atoms with E-state index < -0.39 is 10.0 Å². The Labute approximate surface area is 130 Å². The molecule has 0 aliphatic heterocycles. The molecule has 22 heavy (non-hydrogen) atoms. The highest BCUT2D eigenvalue weighted by Gasteiger charge is 2.13. The molecule has 6 heteroatoms. The van der Waals surface area contributed by atoms with Crippen molar-refractivity contribution in [3.63, 3.8) is 0 Å². The van der Waals surface area contributed by atoms with E-state index in [1.807, 2.05) is 25.1 Å². The highest BCUT2D eigenvalue weighted by molar-refractivity contribution is 7.89. The lowest BCUT2D eigenvalue weighted by atomic mass is 10.2. The minimum atomic E-state index is -3.56. The van der Waals surface area contributed by atoms with Crippen LogP contribution in [0.5, 0.6) is 11.5 Å². The standard InChI is InChI=1S/C16H19NO4S/c1-3-21-14-7-9-16(10-8-14)22(18,19)17-12-13-5-4-6-15(11-13)20-2/h4-11,17H,3,12H2,1-2H3. The zero-order valence-corrected chi connectivity index (χ0v) is 13.4. The van der Waals surface area contributed by atoms with Crippen LogP contribution in [0.2, 0.25) is 0 Å². The van der Waals surface area contributed by atoms with Gasteiger partial charge in [-0.05, 0) is 48.9 Å². The summed E-state index contributed by atoms with van der Waals surface area (Å²) < 4.78 is 37.5. The fourth-order valence-electron chi connectivity index (χ4n) is 1.93. The van der Waals surface area contributed by atoms with Crippen LogP contribution in [0.4, 0.5) is 0 Å². The highest BCUT2D eigenvalue weighted by atomic mass is 32.2. The normalized spacial score (nSPS) is 11.2. The summed E-state index contributed by atoms with van der Waals surface area (Å²) in [5, 5.41) is 0. The van der Waals surface area contributed by atoms with Crippen LogP contribution in [0.3, 0.4) is 0 Å². The van der Waals surface area contributed by atoms with Crippen molar-refractivity contribution in [2.45, 2.75) is 18.4 Å². The summed E-state index contributed by atoms with van der Waals surface area (Å²) >= 11 is 0. The lowest BCUT2D eigenvalue weighted by molar-refractivity contribution is 0.340. The van der Waals surface area contributed by atoms with Crippen LogP contribution in [0, 0.1) is 0 Å². The third kappa shape index (κ3) is 4.22. The first kappa shape index (κ1) is 16.3. The first-order valence-electron chi connectivity index (χ1n) is 6.90. The molecule has 0 aliphatic carbocycles. The molecule has 0 amide bonds. The largest absolute Gasteiger partial charge is 0.497 e. The molecule has 0 heterocycles. The second-order valence-electron chi connectivity index (χ2n) is 4.58. The maximum absolute atomic E-state index is 12.2. The number of hydrogen-bond donors (Lipinski definition) is 1. The number of sulfonamides is 1. The highest BCUT2D eigenvalue weighted by Crippen LogP contribution is 2.17. The second-order valence-corrected chi connectivity index (χ2v) is 6.35. The molecule has 5 nitrogen and oxygen atoms in total. The second kappa shape index (κ2) is 7.29. The average molecular weight is 321 g/mol. The van der Waals surface area contributed by atoms with Crippen molar-refractivity contribution in [1.29, 1.82) is 0 Å². The van der Waals surface area contributed by atoms with Gasteiger partial charge < -0.3 is 9.47 Å². The molecular formula is C16H19NO4S. The van der Waals surface area contributed by atoms with E-state index >= 15 is 0 Å². The molecule has 0 aromatic heterocycles. The third-order valence-electron chi connectivity index (χ3n) is 3.05. The minimum Gasteiger partial charge on any atom is -0.497 e. The molecule has 118 valence electrons. The molecular weight excluding hydrogens is 302 g/mol. The van der Waals surface area contributed by atoms with E-state index in [4.69, 9.17) is 9.47 Å². The Kier molecular flexibility index (Phi) is 5.41. The number of methoxy groups -OCH3 is 1. The molecule has 0 unspecified atom stereocenters. The summed E-state index contributed by atoms with van der Waals surface area (Å²) in [6, 6.07) is 13.6. The fourth-order valence-corrected chi connectivity index (χ4v) is 2.94. The van der Waals surface area contributed by atoms with Crippen LogP contribution >= 0.6 is 0 Å². The predicted octanol–water partition coefficient (Wildman–Crippen LogP) is 2.57. The van der Waals surface area contributed by atoms with Crippen molar-refractivity contribution in [2.24, 2.45) is 0 Å². The molecule has 1 N–H and O–H groups in total. The number of ether oxygens (including phenoxy) is 2. The van der Waals surface area contributed by atoms with Crippen molar-refractivity contribution in [2.75, 3.05) is 13.7 Å². The molecule has 0 saturated heterocycles. The quantitative estimate of drug-likeness (QED) is 0.851. The van der Waals surface area contributed by atoms with Gasteiger partial charge in [0.2, 0.25) is 10.0 Å². The molecule has 0 radical (unpaired) electrons.